The Morgan fingerprint density at radius 2 is 0.740 bits per heavy atom. The van der Waals surface area contributed by atoms with Crippen molar-refractivity contribution in [3.05, 3.63) is 111 Å². The zero-order chi connectivity index (χ0) is 53.3. The maximum atomic E-state index is 14.9. The number of nitrogen functional groups attached to an aromatic ring is 3. The van der Waals surface area contributed by atoms with Gasteiger partial charge in [-0.1, -0.05) is 36.4 Å². The van der Waals surface area contributed by atoms with E-state index in [2.05, 4.69) is 44.9 Å². The fraction of sp³-hybridized carbons (Fsp3) is 0.312. The maximum Gasteiger partial charge on any atom is 0.475 e. The van der Waals surface area contributed by atoms with Gasteiger partial charge >= 0.3 is 7.82 Å². The maximum absolute atomic E-state index is 14.9. The van der Waals surface area contributed by atoms with Crippen LogP contribution in [0.2, 0.25) is 0 Å². The van der Waals surface area contributed by atoms with Gasteiger partial charge in [0, 0.05) is 33.8 Å². The van der Waals surface area contributed by atoms with E-state index < -0.39 is 101 Å². The second kappa shape index (κ2) is 20.1. The molecule has 0 amide bonds. The van der Waals surface area contributed by atoms with E-state index in [0.717, 1.165) is 0 Å². The highest BCUT2D eigenvalue weighted by atomic mass is 31.2. The van der Waals surface area contributed by atoms with Crippen molar-refractivity contribution in [1.82, 2.24) is 58.6 Å². The lowest BCUT2D eigenvalue weighted by Gasteiger charge is -2.24. The van der Waals surface area contributed by atoms with E-state index in [-0.39, 0.29) is 16.9 Å². The summed E-state index contributed by atoms with van der Waals surface area (Å²) in [4.78, 5) is 39.7. The Morgan fingerprint density at radius 3 is 1.03 bits per heavy atom. The first-order valence-electron chi connectivity index (χ1n) is 23.9. The highest BCUT2D eigenvalue weighted by Crippen LogP contribution is 2.52. The SMILES string of the molecule is Nc1cccc(-c2ncnc3c2ncn3[C@@H]2O[C@H](COP(=O)(OC[C@H]3O[C@@H](n4cnc5c(-c6cccc(N)c6)ncnc54)[C@H](O)[C@@H]3O)OC[C@H]3O[C@@H](n4cnc5c(-c6cccc(N)c6)ncnc54)[C@H](O)[C@@H]3O)[C@@H](O)[C@H]2O)c1. The van der Waals surface area contributed by atoms with Gasteiger partial charge in [0.05, 0.1) is 38.8 Å². The van der Waals surface area contributed by atoms with Gasteiger partial charge in [-0.05, 0) is 36.4 Å². The number of hydrogen-bond acceptors (Lipinski definition) is 25. The number of ether oxygens (including phenoxy) is 3. The summed E-state index contributed by atoms with van der Waals surface area (Å²) in [6, 6.07) is 21.0. The topological polar surface area (TPSA) is 403 Å². The molecule has 0 radical (unpaired) electrons. The number of aromatic nitrogens is 12. The molecule has 3 saturated heterocycles. The number of hydrogen-bond donors (Lipinski definition) is 9. The summed E-state index contributed by atoms with van der Waals surface area (Å²) in [7, 11) is -4.97. The van der Waals surface area contributed by atoms with Crippen LogP contribution in [-0.2, 0) is 32.3 Å². The van der Waals surface area contributed by atoms with Gasteiger partial charge in [-0.15, -0.1) is 0 Å². The number of rotatable bonds is 15. The molecule has 12 N–H and O–H groups in total. The van der Waals surface area contributed by atoms with Gasteiger partial charge in [0.2, 0.25) is 0 Å². The molecule has 12 rings (SSSR count). The fourth-order valence-corrected chi connectivity index (χ4v) is 10.9. The third-order valence-electron chi connectivity index (χ3n) is 13.6. The monoisotopic (exact) mass is 1070 g/mol. The predicted octanol–water partition coefficient (Wildman–Crippen LogP) is 1.27. The van der Waals surface area contributed by atoms with E-state index >= 15 is 0 Å². The summed E-state index contributed by atoms with van der Waals surface area (Å²) in [5, 5.41) is 68.2. The molecule has 77 heavy (non-hydrogen) atoms. The second-order valence-corrected chi connectivity index (χ2v) is 20.2. The van der Waals surface area contributed by atoms with Crippen molar-refractivity contribution in [2.45, 2.75) is 73.6 Å². The van der Waals surface area contributed by atoms with E-state index in [9.17, 15) is 35.2 Å². The molecule has 0 bridgehead atoms. The van der Waals surface area contributed by atoms with Crippen LogP contribution in [0.5, 0.6) is 0 Å². The van der Waals surface area contributed by atoms with Crippen molar-refractivity contribution in [3.63, 3.8) is 0 Å². The van der Waals surface area contributed by atoms with E-state index in [4.69, 9.17) is 45.0 Å². The molecular formula is C48H48N15O13P. The van der Waals surface area contributed by atoms with Crippen LogP contribution < -0.4 is 17.2 Å². The van der Waals surface area contributed by atoms with Crippen LogP contribution in [0.25, 0.3) is 67.3 Å². The minimum absolute atomic E-state index is 0.245. The predicted molar refractivity (Wildman–Crippen MR) is 269 cm³/mol. The molecule has 0 unspecified atom stereocenters. The van der Waals surface area contributed by atoms with Crippen molar-refractivity contribution >= 4 is 58.4 Å². The smallest absolute Gasteiger partial charge is 0.399 e. The van der Waals surface area contributed by atoms with Gasteiger partial charge < -0.3 is 62.1 Å². The molecule has 6 aromatic heterocycles. The summed E-state index contributed by atoms with van der Waals surface area (Å²) in [5.74, 6) is 0. The summed E-state index contributed by atoms with van der Waals surface area (Å²) >= 11 is 0. The highest BCUT2D eigenvalue weighted by Gasteiger charge is 2.50. The molecule has 29 heteroatoms. The molecule has 0 spiro atoms. The van der Waals surface area contributed by atoms with Crippen molar-refractivity contribution in [2.75, 3.05) is 37.0 Å². The standard InChI is InChI=1S/C48H48N15O13P/c49-25-7-1-4-22(10-25)31-34-43(55-16-52-31)61(19-58-34)46-40(67)37(64)28(74-46)13-71-77(70,72-14-29-38(65)41(68)47(75-29)62-20-59-35-32(53-17-56-44(35)62)23-5-2-8-26(50)11-23)73-15-30-39(66)42(69)48(76-30)63-21-60-36-33(54-18-57-45(36)63)24-6-3-9-27(51)12-24/h1-12,16-21,28-30,37-42,46-48,64-69H,13-15,49-51H2/t28-,29-,30-,37-,38-,39-,40-,41-,42-,46-,47-,48-/m1/s1. The minimum Gasteiger partial charge on any atom is -0.399 e. The van der Waals surface area contributed by atoms with Gasteiger partial charge in [-0.2, -0.15) is 0 Å². The van der Waals surface area contributed by atoms with Gasteiger partial charge in [0.15, 0.2) is 35.6 Å². The highest BCUT2D eigenvalue weighted by molar-refractivity contribution is 7.48. The minimum atomic E-state index is -4.97. The van der Waals surface area contributed by atoms with Crippen molar-refractivity contribution in [3.8, 4) is 33.8 Å². The van der Waals surface area contributed by atoms with Crippen LogP contribution in [0.4, 0.5) is 17.1 Å². The van der Waals surface area contributed by atoms with Gasteiger partial charge in [-0.25, -0.2) is 49.4 Å². The Morgan fingerprint density at radius 1 is 0.442 bits per heavy atom. The van der Waals surface area contributed by atoms with Crippen LogP contribution in [0.15, 0.2) is 111 Å². The number of phosphoric acid groups is 1. The zero-order valence-corrected chi connectivity index (χ0v) is 40.9. The first-order chi connectivity index (χ1) is 37.2. The molecule has 3 aromatic carbocycles. The number of imidazole rings is 3. The Balaban J connectivity index is 0.787. The number of benzene rings is 3. The molecule has 3 aliphatic rings. The number of nitrogens with zero attached hydrogens (tertiary/aromatic N) is 12. The third-order valence-corrected chi connectivity index (χ3v) is 15.0. The molecule has 0 aliphatic carbocycles. The summed E-state index contributed by atoms with van der Waals surface area (Å²) in [6.45, 7) is -2.23. The third kappa shape index (κ3) is 9.18. The lowest BCUT2D eigenvalue weighted by atomic mass is 10.1. The number of aliphatic hydroxyl groups is 6. The first kappa shape index (κ1) is 50.3. The quantitative estimate of drug-likeness (QED) is 0.0515. The van der Waals surface area contributed by atoms with E-state index in [1.807, 2.05) is 0 Å². The molecule has 398 valence electrons. The average molecular weight is 1070 g/mol. The molecule has 12 atom stereocenters. The molecule has 3 fully saturated rings. The van der Waals surface area contributed by atoms with Gasteiger partial charge in [0.25, 0.3) is 0 Å². The summed E-state index contributed by atoms with van der Waals surface area (Å²) in [5.41, 5.74) is 24.6. The lowest BCUT2D eigenvalue weighted by molar-refractivity contribution is -0.0723. The molecule has 28 nitrogen and oxygen atoms in total. The van der Waals surface area contributed by atoms with Crippen molar-refractivity contribution in [2.24, 2.45) is 0 Å². The normalized spacial score (nSPS) is 26.7. The van der Waals surface area contributed by atoms with Gasteiger partial charge in [-0.3, -0.25) is 27.3 Å². The fourth-order valence-electron chi connectivity index (χ4n) is 9.70. The Hall–Kier alpha value is -7.54. The first-order valence-corrected chi connectivity index (χ1v) is 25.4. The summed E-state index contributed by atoms with van der Waals surface area (Å²) < 4.78 is 55.0. The van der Waals surface area contributed by atoms with Gasteiger partial charge in [0.1, 0.15) is 108 Å². The lowest BCUT2D eigenvalue weighted by Crippen LogP contribution is -2.35. The Bertz CT molecular complexity index is 3330. The second-order valence-electron chi connectivity index (χ2n) is 18.5. The summed E-state index contributed by atoms with van der Waals surface area (Å²) in [6.07, 6.45) is -9.90. The molecule has 9 aromatic rings. The van der Waals surface area contributed by atoms with Crippen molar-refractivity contribution in [1.29, 1.82) is 0 Å². The number of phosphoric ester groups is 1. The van der Waals surface area contributed by atoms with Crippen LogP contribution in [0, 0.1) is 0 Å². The van der Waals surface area contributed by atoms with Crippen LogP contribution in [0.1, 0.15) is 18.7 Å². The average Bonchev–Trinajstić information content (AvgIpc) is 4.41. The molecule has 9 heterocycles. The molecule has 3 aliphatic heterocycles. The number of aliphatic hydroxyl groups excluding tert-OH is 6. The van der Waals surface area contributed by atoms with E-state index in [1.165, 1.54) is 51.7 Å². The van der Waals surface area contributed by atoms with Crippen molar-refractivity contribution < 1.29 is 63.0 Å². The van der Waals surface area contributed by atoms with Crippen LogP contribution >= 0.6 is 7.82 Å². The molecular weight excluding hydrogens is 1030 g/mol. The number of anilines is 3. The molecule has 0 saturated carbocycles. The number of nitrogens with two attached hydrogens (primary N) is 3. The van der Waals surface area contributed by atoms with Crippen LogP contribution in [-0.4, -0.2) is 164 Å². The Labute approximate surface area is 433 Å². The van der Waals surface area contributed by atoms with E-state index in [1.54, 1.807) is 72.8 Å². The van der Waals surface area contributed by atoms with E-state index in [0.29, 0.717) is 67.4 Å². The zero-order valence-electron chi connectivity index (χ0n) is 40.0. The largest absolute Gasteiger partial charge is 0.475 e. The van der Waals surface area contributed by atoms with Crippen LogP contribution in [0.3, 0.4) is 0 Å². The number of fused-ring (bicyclic) bond motifs is 3. The Kier molecular flexibility index (Phi) is 13.1.